The van der Waals surface area contributed by atoms with E-state index >= 15 is 0 Å². The molecule has 1 aliphatic heterocycles. The Morgan fingerprint density at radius 3 is 2.84 bits per heavy atom. The molecule has 0 bridgehead atoms. The normalized spacial score (nSPS) is 16.3. The van der Waals surface area contributed by atoms with Gasteiger partial charge in [0.05, 0.1) is 10.5 Å². The standard InChI is InChI=1S/C23H28N4O2S2/c1-4-7-10-16(6-3)15-27-22(29)18(31-23(27)30)14-17-20(24-12-5-2)25-19-11-8-9-13-26(19)21(17)28/h5,8-9,11,13-14,16,24H,2,4,6-7,10,12,15H2,1,3H3/b18-14+. The Morgan fingerprint density at radius 1 is 1.32 bits per heavy atom. The maximum Gasteiger partial charge on any atom is 0.267 e. The topological polar surface area (TPSA) is 66.7 Å². The van der Waals surface area contributed by atoms with Gasteiger partial charge in [-0.05, 0) is 30.5 Å². The van der Waals surface area contributed by atoms with Gasteiger partial charge < -0.3 is 5.32 Å². The monoisotopic (exact) mass is 456 g/mol. The molecule has 0 aromatic carbocycles. The highest BCUT2D eigenvalue weighted by Crippen LogP contribution is 2.34. The second-order valence-electron chi connectivity index (χ2n) is 7.49. The SMILES string of the molecule is C=CCNc1nc2ccccn2c(=O)c1/C=C1/SC(=S)N(CC(CC)CCCC)C1=O. The highest BCUT2D eigenvalue weighted by molar-refractivity contribution is 8.26. The number of thiocarbonyl (C=S) groups is 1. The Kier molecular flexibility index (Phi) is 8.03. The van der Waals surface area contributed by atoms with E-state index in [0.29, 0.717) is 45.3 Å². The number of hydrogen-bond acceptors (Lipinski definition) is 6. The molecular weight excluding hydrogens is 428 g/mol. The molecule has 1 saturated heterocycles. The van der Waals surface area contributed by atoms with Gasteiger partial charge in [0.15, 0.2) is 0 Å². The van der Waals surface area contributed by atoms with E-state index in [1.165, 1.54) is 16.2 Å². The number of nitrogens with zero attached hydrogens (tertiary/aromatic N) is 3. The molecule has 1 unspecified atom stereocenters. The Balaban J connectivity index is 1.96. The molecule has 0 radical (unpaired) electrons. The van der Waals surface area contributed by atoms with Crippen LogP contribution in [0, 0.1) is 5.92 Å². The van der Waals surface area contributed by atoms with E-state index in [9.17, 15) is 9.59 Å². The highest BCUT2D eigenvalue weighted by atomic mass is 32.2. The second kappa shape index (κ2) is 10.7. The van der Waals surface area contributed by atoms with Crippen molar-refractivity contribution in [2.24, 2.45) is 5.92 Å². The average Bonchev–Trinajstić information content (AvgIpc) is 3.04. The number of carbonyl (C=O) groups is 1. The summed E-state index contributed by atoms with van der Waals surface area (Å²) in [4.78, 5) is 33.0. The van der Waals surface area contributed by atoms with E-state index in [1.807, 2.05) is 6.07 Å². The molecule has 3 heterocycles. The van der Waals surface area contributed by atoms with Crippen molar-refractivity contribution in [2.75, 3.05) is 18.4 Å². The van der Waals surface area contributed by atoms with E-state index in [2.05, 4.69) is 30.7 Å². The van der Waals surface area contributed by atoms with Crippen LogP contribution in [0.5, 0.6) is 0 Å². The minimum absolute atomic E-state index is 0.142. The van der Waals surface area contributed by atoms with E-state index < -0.39 is 0 Å². The zero-order valence-corrected chi connectivity index (χ0v) is 19.6. The van der Waals surface area contributed by atoms with Crippen molar-refractivity contribution in [3.05, 3.63) is 57.9 Å². The molecule has 0 spiro atoms. The molecule has 1 N–H and O–H groups in total. The summed E-state index contributed by atoms with van der Waals surface area (Å²) in [5.74, 6) is 0.701. The van der Waals surface area contributed by atoms with Crippen LogP contribution in [0.3, 0.4) is 0 Å². The molecule has 1 atom stereocenters. The fourth-order valence-corrected chi connectivity index (χ4v) is 4.76. The van der Waals surface area contributed by atoms with Gasteiger partial charge in [0.25, 0.3) is 11.5 Å². The van der Waals surface area contributed by atoms with Gasteiger partial charge in [-0.2, -0.15) is 0 Å². The lowest BCUT2D eigenvalue weighted by Gasteiger charge is -2.21. The molecule has 31 heavy (non-hydrogen) atoms. The number of unbranched alkanes of at least 4 members (excludes halogenated alkanes) is 1. The Morgan fingerprint density at radius 2 is 2.13 bits per heavy atom. The van der Waals surface area contributed by atoms with Gasteiger partial charge >= 0.3 is 0 Å². The van der Waals surface area contributed by atoms with Crippen LogP contribution >= 0.6 is 24.0 Å². The molecule has 8 heteroatoms. The number of carbonyl (C=O) groups excluding carboxylic acids is 1. The first-order valence-corrected chi connectivity index (χ1v) is 11.8. The maximum absolute atomic E-state index is 13.2. The smallest absolute Gasteiger partial charge is 0.267 e. The third kappa shape index (κ3) is 5.25. The summed E-state index contributed by atoms with van der Waals surface area (Å²) in [5.41, 5.74) is 0.631. The Bertz CT molecular complexity index is 1080. The van der Waals surface area contributed by atoms with Crippen molar-refractivity contribution in [3.8, 4) is 0 Å². The largest absolute Gasteiger partial charge is 0.366 e. The first-order valence-electron chi connectivity index (χ1n) is 10.6. The minimum Gasteiger partial charge on any atom is -0.366 e. The zero-order valence-electron chi connectivity index (χ0n) is 18.0. The molecule has 3 rings (SSSR count). The fraction of sp³-hybridized carbons (Fsp3) is 0.391. The van der Waals surface area contributed by atoms with Crippen LogP contribution in [0.15, 0.2) is 46.8 Å². The van der Waals surface area contributed by atoms with Crippen LogP contribution in [0.25, 0.3) is 11.7 Å². The van der Waals surface area contributed by atoms with Crippen LogP contribution < -0.4 is 10.9 Å². The predicted molar refractivity (Wildman–Crippen MR) is 133 cm³/mol. The predicted octanol–water partition coefficient (Wildman–Crippen LogP) is 4.71. The van der Waals surface area contributed by atoms with E-state index in [0.717, 1.165) is 25.7 Å². The summed E-state index contributed by atoms with van der Waals surface area (Å²) in [6.07, 6.45) is 9.33. The van der Waals surface area contributed by atoms with E-state index in [-0.39, 0.29) is 11.5 Å². The van der Waals surface area contributed by atoms with Gasteiger partial charge in [-0.1, -0.05) is 69.2 Å². The van der Waals surface area contributed by atoms with Crippen LogP contribution in [0.1, 0.15) is 45.1 Å². The Labute approximate surface area is 192 Å². The number of thioether (sulfide) groups is 1. The minimum atomic E-state index is -0.239. The van der Waals surface area contributed by atoms with Crippen LogP contribution in [0.2, 0.25) is 0 Å². The van der Waals surface area contributed by atoms with Gasteiger partial charge in [0.1, 0.15) is 15.8 Å². The molecule has 1 amide bonds. The van der Waals surface area contributed by atoms with Crippen LogP contribution in [-0.2, 0) is 4.79 Å². The zero-order chi connectivity index (χ0) is 22.4. The second-order valence-corrected chi connectivity index (χ2v) is 9.16. The third-order valence-corrected chi connectivity index (χ3v) is 6.69. The number of anilines is 1. The molecule has 6 nitrogen and oxygen atoms in total. The van der Waals surface area contributed by atoms with Gasteiger partial charge in [-0.25, -0.2) is 4.98 Å². The summed E-state index contributed by atoms with van der Waals surface area (Å²) in [5, 5.41) is 3.12. The summed E-state index contributed by atoms with van der Waals surface area (Å²) in [7, 11) is 0. The molecule has 0 aliphatic carbocycles. The molecule has 2 aromatic rings. The van der Waals surface area contributed by atoms with Gasteiger partial charge in [0, 0.05) is 19.3 Å². The van der Waals surface area contributed by atoms with E-state index in [4.69, 9.17) is 12.2 Å². The highest BCUT2D eigenvalue weighted by Gasteiger charge is 2.33. The van der Waals surface area contributed by atoms with Gasteiger partial charge in [0.2, 0.25) is 0 Å². The summed E-state index contributed by atoms with van der Waals surface area (Å²) in [6.45, 7) is 9.10. The third-order valence-electron chi connectivity index (χ3n) is 5.32. The maximum atomic E-state index is 13.2. The van der Waals surface area contributed by atoms with Crippen molar-refractivity contribution in [1.82, 2.24) is 14.3 Å². The number of rotatable bonds is 10. The number of fused-ring (bicyclic) bond motifs is 1. The molecular formula is C23H28N4O2S2. The molecule has 164 valence electrons. The van der Waals surface area contributed by atoms with Gasteiger partial charge in [-0.3, -0.25) is 18.9 Å². The van der Waals surface area contributed by atoms with Crippen LogP contribution in [-0.4, -0.2) is 37.6 Å². The van der Waals surface area contributed by atoms with Crippen molar-refractivity contribution in [3.63, 3.8) is 0 Å². The molecule has 0 saturated carbocycles. The number of amides is 1. The van der Waals surface area contributed by atoms with Crippen molar-refractivity contribution >= 4 is 51.7 Å². The van der Waals surface area contributed by atoms with Gasteiger partial charge in [-0.15, -0.1) is 6.58 Å². The van der Waals surface area contributed by atoms with E-state index in [1.54, 1.807) is 35.4 Å². The van der Waals surface area contributed by atoms with Crippen molar-refractivity contribution < 1.29 is 4.79 Å². The van der Waals surface area contributed by atoms with Crippen molar-refractivity contribution in [2.45, 2.75) is 39.5 Å². The lowest BCUT2D eigenvalue weighted by Crippen LogP contribution is -2.33. The lowest BCUT2D eigenvalue weighted by atomic mass is 9.99. The molecule has 1 fully saturated rings. The number of nitrogens with one attached hydrogen (secondary N) is 1. The number of pyridine rings is 1. The number of hydrogen-bond donors (Lipinski definition) is 1. The van der Waals surface area contributed by atoms with Crippen molar-refractivity contribution in [1.29, 1.82) is 0 Å². The quantitative estimate of drug-likeness (QED) is 0.317. The number of aromatic nitrogens is 2. The lowest BCUT2D eigenvalue weighted by molar-refractivity contribution is -0.122. The summed E-state index contributed by atoms with van der Waals surface area (Å²) in [6, 6.07) is 5.37. The first kappa shape index (κ1) is 23.2. The summed E-state index contributed by atoms with van der Waals surface area (Å²) < 4.78 is 2.02. The summed E-state index contributed by atoms with van der Waals surface area (Å²) >= 11 is 6.75. The molecule has 2 aromatic heterocycles. The fourth-order valence-electron chi connectivity index (χ4n) is 3.50. The Hall–Kier alpha value is -2.45. The van der Waals surface area contributed by atoms with Crippen LogP contribution in [0.4, 0.5) is 5.82 Å². The first-order chi connectivity index (χ1) is 15.0. The molecule has 1 aliphatic rings. The average molecular weight is 457 g/mol.